The minimum Gasteiger partial charge on any atom is -0.306 e. The molecular formula is C10H8ClN3O2. The van der Waals surface area contributed by atoms with Crippen LogP contribution in [0.2, 0.25) is 0 Å². The molecule has 1 aromatic carbocycles. The Morgan fingerprint density at radius 2 is 2.31 bits per heavy atom. The van der Waals surface area contributed by atoms with Crippen molar-refractivity contribution in [1.82, 2.24) is 9.55 Å². The zero-order valence-corrected chi connectivity index (χ0v) is 8.96. The fourth-order valence-corrected chi connectivity index (χ4v) is 1.64. The summed E-state index contributed by atoms with van der Waals surface area (Å²) in [6.07, 6.45) is 5.03. The van der Waals surface area contributed by atoms with Gasteiger partial charge < -0.3 is 4.57 Å². The van der Waals surface area contributed by atoms with Gasteiger partial charge in [0, 0.05) is 29.7 Å². The number of hydrogen-bond donors (Lipinski definition) is 0. The summed E-state index contributed by atoms with van der Waals surface area (Å²) in [6.45, 7) is 0. The molecule has 0 bridgehead atoms. The summed E-state index contributed by atoms with van der Waals surface area (Å²) in [4.78, 5) is 14.2. The van der Waals surface area contributed by atoms with E-state index in [2.05, 4.69) is 4.98 Å². The lowest BCUT2D eigenvalue weighted by Gasteiger charge is -2.04. The van der Waals surface area contributed by atoms with Crippen LogP contribution in [0.3, 0.4) is 0 Å². The maximum absolute atomic E-state index is 10.7. The van der Waals surface area contributed by atoms with Crippen molar-refractivity contribution in [2.45, 2.75) is 5.88 Å². The SMILES string of the molecule is O=[N+]([O-])c1ccc(-n2ccnc2)cc1CCl. The molecule has 0 saturated carbocycles. The van der Waals surface area contributed by atoms with Crippen molar-refractivity contribution >= 4 is 17.3 Å². The van der Waals surface area contributed by atoms with E-state index in [1.54, 1.807) is 35.4 Å². The van der Waals surface area contributed by atoms with Crippen molar-refractivity contribution in [3.8, 4) is 5.69 Å². The standard InChI is InChI=1S/C10H8ClN3O2/c11-6-8-5-9(13-4-3-12-7-13)1-2-10(8)14(15)16/h1-5,7H,6H2. The summed E-state index contributed by atoms with van der Waals surface area (Å²) < 4.78 is 1.76. The number of nitro groups is 1. The number of imidazole rings is 1. The van der Waals surface area contributed by atoms with Crippen molar-refractivity contribution in [3.63, 3.8) is 0 Å². The lowest BCUT2D eigenvalue weighted by molar-refractivity contribution is -0.385. The zero-order valence-electron chi connectivity index (χ0n) is 8.21. The van der Waals surface area contributed by atoms with E-state index in [0.717, 1.165) is 5.69 Å². The van der Waals surface area contributed by atoms with Crippen LogP contribution in [-0.4, -0.2) is 14.5 Å². The first-order valence-corrected chi connectivity index (χ1v) is 5.07. The van der Waals surface area contributed by atoms with Crippen LogP contribution in [-0.2, 0) is 5.88 Å². The molecule has 0 fully saturated rings. The zero-order chi connectivity index (χ0) is 11.5. The van der Waals surface area contributed by atoms with Gasteiger partial charge in [0.05, 0.1) is 17.1 Å². The number of halogens is 1. The molecule has 82 valence electrons. The summed E-state index contributed by atoms with van der Waals surface area (Å²) in [5, 5.41) is 10.7. The Hall–Kier alpha value is -1.88. The highest BCUT2D eigenvalue weighted by Crippen LogP contribution is 2.23. The van der Waals surface area contributed by atoms with E-state index in [1.165, 1.54) is 6.07 Å². The maximum atomic E-state index is 10.7. The molecular weight excluding hydrogens is 230 g/mol. The van der Waals surface area contributed by atoms with Gasteiger partial charge in [-0.25, -0.2) is 4.98 Å². The average molecular weight is 238 g/mol. The van der Waals surface area contributed by atoms with Gasteiger partial charge in [0.15, 0.2) is 0 Å². The average Bonchev–Trinajstić information content (AvgIpc) is 2.81. The van der Waals surface area contributed by atoms with Crippen molar-refractivity contribution in [3.05, 3.63) is 52.6 Å². The molecule has 0 N–H and O–H groups in total. The predicted octanol–water partition coefficient (Wildman–Crippen LogP) is 2.52. The van der Waals surface area contributed by atoms with E-state index < -0.39 is 4.92 Å². The second-order valence-corrected chi connectivity index (χ2v) is 3.44. The molecule has 0 amide bonds. The largest absolute Gasteiger partial charge is 0.306 e. The van der Waals surface area contributed by atoms with Gasteiger partial charge in [0.1, 0.15) is 0 Å². The van der Waals surface area contributed by atoms with Crippen LogP contribution in [0.4, 0.5) is 5.69 Å². The molecule has 0 radical (unpaired) electrons. The third kappa shape index (κ3) is 1.90. The molecule has 0 atom stereocenters. The Labute approximate surface area is 96.4 Å². The van der Waals surface area contributed by atoms with E-state index in [0.29, 0.717) is 5.56 Å². The van der Waals surface area contributed by atoms with Crippen molar-refractivity contribution < 1.29 is 4.92 Å². The summed E-state index contributed by atoms with van der Waals surface area (Å²) >= 11 is 5.68. The van der Waals surface area contributed by atoms with Crippen LogP contribution < -0.4 is 0 Å². The second-order valence-electron chi connectivity index (χ2n) is 3.17. The fraction of sp³-hybridized carbons (Fsp3) is 0.100. The smallest absolute Gasteiger partial charge is 0.273 e. The summed E-state index contributed by atoms with van der Waals surface area (Å²) in [5.41, 5.74) is 1.34. The van der Waals surface area contributed by atoms with Crippen LogP contribution in [0.25, 0.3) is 5.69 Å². The molecule has 16 heavy (non-hydrogen) atoms. The van der Waals surface area contributed by atoms with Crippen LogP contribution >= 0.6 is 11.6 Å². The highest BCUT2D eigenvalue weighted by molar-refractivity contribution is 6.17. The lowest BCUT2D eigenvalue weighted by Crippen LogP contribution is -1.97. The third-order valence-corrected chi connectivity index (χ3v) is 2.49. The van der Waals surface area contributed by atoms with Crippen molar-refractivity contribution in [2.75, 3.05) is 0 Å². The highest BCUT2D eigenvalue weighted by atomic mass is 35.5. The quantitative estimate of drug-likeness (QED) is 0.468. The summed E-state index contributed by atoms with van der Waals surface area (Å²) in [6, 6.07) is 4.80. The number of alkyl halides is 1. The first-order valence-electron chi connectivity index (χ1n) is 4.54. The Morgan fingerprint density at radius 3 is 2.88 bits per heavy atom. The van der Waals surface area contributed by atoms with E-state index in [1.807, 2.05) is 0 Å². The topological polar surface area (TPSA) is 61.0 Å². The lowest BCUT2D eigenvalue weighted by atomic mass is 10.2. The first kappa shape index (κ1) is 10.6. The molecule has 1 aromatic heterocycles. The number of nitro benzene ring substituents is 1. The van der Waals surface area contributed by atoms with Gasteiger partial charge in [-0.1, -0.05) is 0 Å². The van der Waals surface area contributed by atoms with Gasteiger partial charge in [-0.15, -0.1) is 11.6 Å². The van der Waals surface area contributed by atoms with E-state index >= 15 is 0 Å². The Kier molecular flexibility index (Phi) is 2.87. The molecule has 0 aliphatic rings. The summed E-state index contributed by atoms with van der Waals surface area (Å²) in [5.74, 6) is 0.110. The number of hydrogen-bond acceptors (Lipinski definition) is 3. The highest BCUT2D eigenvalue weighted by Gasteiger charge is 2.13. The van der Waals surface area contributed by atoms with Crippen LogP contribution in [0.1, 0.15) is 5.56 Å². The maximum Gasteiger partial charge on any atom is 0.273 e. The molecule has 1 heterocycles. The Morgan fingerprint density at radius 1 is 1.50 bits per heavy atom. The molecule has 2 aromatic rings. The molecule has 6 heteroatoms. The normalized spacial score (nSPS) is 10.3. The van der Waals surface area contributed by atoms with Gasteiger partial charge in [0.2, 0.25) is 0 Å². The molecule has 0 aliphatic heterocycles. The van der Waals surface area contributed by atoms with Gasteiger partial charge in [-0.2, -0.15) is 0 Å². The van der Waals surface area contributed by atoms with E-state index in [-0.39, 0.29) is 11.6 Å². The van der Waals surface area contributed by atoms with Gasteiger partial charge >= 0.3 is 0 Å². The first-order chi connectivity index (χ1) is 7.72. The van der Waals surface area contributed by atoms with Crippen LogP contribution in [0, 0.1) is 10.1 Å². The second kappa shape index (κ2) is 4.32. The van der Waals surface area contributed by atoms with E-state index in [9.17, 15) is 10.1 Å². The number of rotatable bonds is 3. The van der Waals surface area contributed by atoms with Gasteiger partial charge in [-0.05, 0) is 12.1 Å². The minimum absolute atomic E-state index is 0.0406. The van der Waals surface area contributed by atoms with E-state index in [4.69, 9.17) is 11.6 Å². The number of aromatic nitrogens is 2. The Balaban J connectivity index is 2.49. The third-order valence-electron chi connectivity index (χ3n) is 2.21. The Bertz CT molecular complexity index is 511. The number of benzene rings is 1. The molecule has 0 unspecified atom stereocenters. The molecule has 2 rings (SSSR count). The van der Waals surface area contributed by atoms with Gasteiger partial charge in [-0.3, -0.25) is 10.1 Å². The minimum atomic E-state index is -0.435. The van der Waals surface area contributed by atoms with Crippen molar-refractivity contribution in [1.29, 1.82) is 0 Å². The van der Waals surface area contributed by atoms with Gasteiger partial charge in [0.25, 0.3) is 5.69 Å². The van der Waals surface area contributed by atoms with Crippen molar-refractivity contribution in [2.24, 2.45) is 0 Å². The molecule has 0 aliphatic carbocycles. The molecule has 0 spiro atoms. The molecule has 0 saturated heterocycles. The number of nitrogens with zero attached hydrogens (tertiary/aromatic N) is 3. The molecule has 5 nitrogen and oxygen atoms in total. The van der Waals surface area contributed by atoms with Crippen LogP contribution in [0.5, 0.6) is 0 Å². The fourth-order valence-electron chi connectivity index (χ4n) is 1.43. The monoisotopic (exact) mass is 237 g/mol. The predicted molar refractivity (Wildman–Crippen MR) is 59.8 cm³/mol. The van der Waals surface area contributed by atoms with Crippen LogP contribution in [0.15, 0.2) is 36.9 Å². The summed E-state index contributed by atoms with van der Waals surface area (Å²) in [7, 11) is 0.